The first-order chi connectivity index (χ1) is 15.8. The average molecular weight is 467 g/mol. The maximum atomic E-state index is 13.5. The third-order valence-electron chi connectivity index (χ3n) is 5.64. The van der Waals surface area contributed by atoms with Crippen LogP contribution in [0.2, 0.25) is 0 Å². The van der Waals surface area contributed by atoms with E-state index in [1.807, 2.05) is 44.2 Å². The van der Waals surface area contributed by atoms with Gasteiger partial charge in [0.1, 0.15) is 11.5 Å². The van der Waals surface area contributed by atoms with Crippen LogP contribution >= 0.6 is 0 Å². The van der Waals surface area contributed by atoms with Gasteiger partial charge in [-0.1, -0.05) is 30.3 Å². The van der Waals surface area contributed by atoms with E-state index in [9.17, 15) is 13.2 Å². The van der Waals surface area contributed by atoms with Crippen molar-refractivity contribution in [2.75, 3.05) is 18.0 Å². The van der Waals surface area contributed by atoms with E-state index in [2.05, 4.69) is 5.32 Å². The van der Waals surface area contributed by atoms with Crippen LogP contribution in [0.1, 0.15) is 16.7 Å². The molecule has 3 aromatic rings. The molecule has 172 valence electrons. The second-order valence-electron chi connectivity index (χ2n) is 7.93. The van der Waals surface area contributed by atoms with E-state index >= 15 is 0 Å². The summed E-state index contributed by atoms with van der Waals surface area (Å²) in [7, 11) is -2.42. The average Bonchev–Trinajstić information content (AvgIpc) is 2.82. The summed E-state index contributed by atoms with van der Waals surface area (Å²) in [4.78, 5) is 13.1. The predicted molar refractivity (Wildman–Crippen MR) is 126 cm³/mol. The lowest BCUT2D eigenvalue weighted by atomic mass is 10.1. The quantitative estimate of drug-likeness (QED) is 0.600. The van der Waals surface area contributed by atoms with Crippen molar-refractivity contribution in [2.24, 2.45) is 0 Å². The summed E-state index contributed by atoms with van der Waals surface area (Å²) < 4.78 is 39.4. The Kier molecular flexibility index (Phi) is 6.29. The molecular formula is C25H26N2O5S. The summed E-state index contributed by atoms with van der Waals surface area (Å²) in [5.41, 5.74) is 3.35. The summed E-state index contributed by atoms with van der Waals surface area (Å²) in [5.74, 6) is 0.537. The number of benzene rings is 3. The van der Waals surface area contributed by atoms with Gasteiger partial charge < -0.3 is 14.8 Å². The van der Waals surface area contributed by atoms with Crippen molar-refractivity contribution in [3.05, 3.63) is 83.4 Å². The van der Waals surface area contributed by atoms with Crippen LogP contribution in [-0.4, -0.2) is 34.1 Å². The van der Waals surface area contributed by atoms with E-state index in [0.717, 1.165) is 16.7 Å². The van der Waals surface area contributed by atoms with E-state index < -0.39 is 16.1 Å². The van der Waals surface area contributed by atoms with Crippen LogP contribution in [0.5, 0.6) is 11.5 Å². The summed E-state index contributed by atoms with van der Waals surface area (Å²) in [5, 5.41) is 2.88. The lowest BCUT2D eigenvalue weighted by molar-refractivity contribution is -0.127. The van der Waals surface area contributed by atoms with Crippen molar-refractivity contribution >= 4 is 21.6 Å². The summed E-state index contributed by atoms with van der Waals surface area (Å²) in [6.45, 7) is 4.05. The molecule has 0 aliphatic carbocycles. The Morgan fingerprint density at radius 3 is 2.52 bits per heavy atom. The Balaban J connectivity index is 1.63. The maximum absolute atomic E-state index is 13.5. The second kappa shape index (κ2) is 9.15. The van der Waals surface area contributed by atoms with E-state index in [4.69, 9.17) is 9.47 Å². The molecule has 4 rings (SSSR count). The SMILES string of the molecule is COc1ccc(S(=O)(=O)N2C[C@H](C(=O)NCc3ccccc3C)Oc3cc(C)ccc32)cc1. The molecule has 1 heterocycles. The zero-order valence-electron chi connectivity index (χ0n) is 18.7. The van der Waals surface area contributed by atoms with E-state index in [1.54, 1.807) is 24.3 Å². The monoisotopic (exact) mass is 466 g/mol. The number of hydrogen-bond donors (Lipinski definition) is 1. The molecule has 3 aromatic carbocycles. The summed E-state index contributed by atoms with van der Waals surface area (Å²) in [6, 6.07) is 19.2. The fourth-order valence-electron chi connectivity index (χ4n) is 3.70. The Bertz CT molecular complexity index is 1270. The largest absolute Gasteiger partial charge is 0.497 e. The molecule has 1 atom stereocenters. The molecule has 1 aliphatic heterocycles. The van der Waals surface area contributed by atoms with Gasteiger partial charge in [0, 0.05) is 6.54 Å². The molecule has 0 bridgehead atoms. The van der Waals surface area contributed by atoms with Gasteiger partial charge in [0.15, 0.2) is 6.10 Å². The lowest BCUT2D eigenvalue weighted by Gasteiger charge is -2.35. The molecule has 0 unspecified atom stereocenters. The highest BCUT2D eigenvalue weighted by Crippen LogP contribution is 2.38. The van der Waals surface area contributed by atoms with Crippen molar-refractivity contribution in [1.29, 1.82) is 0 Å². The van der Waals surface area contributed by atoms with Crippen molar-refractivity contribution < 1.29 is 22.7 Å². The molecule has 0 aromatic heterocycles. The minimum absolute atomic E-state index is 0.107. The second-order valence-corrected chi connectivity index (χ2v) is 9.80. The van der Waals surface area contributed by atoms with Crippen LogP contribution in [0.3, 0.4) is 0 Å². The lowest BCUT2D eigenvalue weighted by Crippen LogP contribution is -2.50. The number of fused-ring (bicyclic) bond motifs is 1. The van der Waals surface area contributed by atoms with Gasteiger partial charge in [-0.05, 0) is 66.9 Å². The number of nitrogens with zero attached hydrogens (tertiary/aromatic N) is 1. The highest BCUT2D eigenvalue weighted by molar-refractivity contribution is 7.92. The number of rotatable bonds is 6. The first-order valence-electron chi connectivity index (χ1n) is 10.6. The minimum atomic E-state index is -3.94. The van der Waals surface area contributed by atoms with E-state index in [1.165, 1.54) is 23.5 Å². The number of carbonyl (C=O) groups excluding carboxylic acids is 1. The number of aryl methyl sites for hydroxylation is 2. The van der Waals surface area contributed by atoms with Crippen molar-refractivity contribution in [3.63, 3.8) is 0 Å². The van der Waals surface area contributed by atoms with Crippen LogP contribution in [0.25, 0.3) is 0 Å². The van der Waals surface area contributed by atoms with Gasteiger partial charge in [0.25, 0.3) is 15.9 Å². The van der Waals surface area contributed by atoms with Crippen LogP contribution in [0, 0.1) is 13.8 Å². The number of ether oxygens (including phenoxy) is 2. The summed E-state index contributed by atoms with van der Waals surface area (Å²) in [6.07, 6.45) is -0.989. The number of hydrogen-bond acceptors (Lipinski definition) is 5. The third kappa shape index (κ3) is 4.66. The minimum Gasteiger partial charge on any atom is -0.497 e. The van der Waals surface area contributed by atoms with Crippen LogP contribution < -0.4 is 19.1 Å². The zero-order valence-corrected chi connectivity index (χ0v) is 19.6. The smallest absolute Gasteiger partial charge is 0.264 e. The summed E-state index contributed by atoms with van der Waals surface area (Å²) >= 11 is 0. The molecule has 0 spiro atoms. The molecule has 7 nitrogen and oxygen atoms in total. The van der Waals surface area contributed by atoms with Gasteiger partial charge in [0.05, 0.1) is 24.2 Å². The maximum Gasteiger partial charge on any atom is 0.264 e. The highest BCUT2D eigenvalue weighted by Gasteiger charge is 2.37. The van der Waals surface area contributed by atoms with Crippen molar-refractivity contribution in [2.45, 2.75) is 31.4 Å². The number of nitrogens with one attached hydrogen (secondary N) is 1. The van der Waals surface area contributed by atoms with E-state index in [0.29, 0.717) is 23.7 Å². The number of anilines is 1. The number of amides is 1. The molecule has 0 saturated carbocycles. The Labute approximate surface area is 194 Å². The normalized spacial score (nSPS) is 15.4. The molecule has 0 fully saturated rings. The van der Waals surface area contributed by atoms with Crippen molar-refractivity contribution in [1.82, 2.24) is 5.32 Å². The van der Waals surface area contributed by atoms with Crippen LogP contribution in [0.4, 0.5) is 5.69 Å². The molecular weight excluding hydrogens is 440 g/mol. The first kappa shape index (κ1) is 22.7. The van der Waals surface area contributed by atoms with Crippen LogP contribution in [-0.2, 0) is 21.4 Å². The third-order valence-corrected chi connectivity index (χ3v) is 7.43. The Morgan fingerprint density at radius 2 is 1.82 bits per heavy atom. The van der Waals surface area contributed by atoms with E-state index in [-0.39, 0.29) is 17.3 Å². The first-order valence-corrected chi connectivity index (χ1v) is 12.0. The standard InChI is InChI=1S/C25H26N2O5S/c1-17-8-13-22-23(14-17)32-24(25(28)26-15-19-7-5-4-6-18(19)2)16-27(22)33(29,30)21-11-9-20(31-3)10-12-21/h4-14,24H,15-16H2,1-3H3,(H,26,28)/t24-/m1/s1. The molecule has 1 amide bonds. The van der Waals surface area contributed by atoms with Gasteiger partial charge in [-0.15, -0.1) is 0 Å². The Hall–Kier alpha value is -3.52. The number of carbonyl (C=O) groups is 1. The zero-order chi connectivity index (χ0) is 23.6. The Morgan fingerprint density at radius 1 is 1.09 bits per heavy atom. The van der Waals surface area contributed by atoms with Gasteiger partial charge >= 0.3 is 0 Å². The van der Waals surface area contributed by atoms with Crippen molar-refractivity contribution in [3.8, 4) is 11.5 Å². The molecule has 0 radical (unpaired) electrons. The number of sulfonamides is 1. The van der Waals surface area contributed by atoms with Gasteiger partial charge in [0.2, 0.25) is 0 Å². The molecule has 1 N–H and O–H groups in total. The predicted octanol–water partition coefficient (Wildman–Crippen LogP) is 3.58. The topological polar surface area (TPSA) is 84.9 Å². The van der Waals surface area contributed by atoms with Crippen LogP contribution in [0.15, 0.2) is 71.6 Å². The molecule has 8 heteroatoms. The van der Waals surface area contributed by atoms with Gasteiger partial charge in [-0.25, -0.2) is 8.42 Å². The van der Waals surface area contributed by atoms with Gasteiger partial charge in [-0.2, -0.15) is 0 Å². The fourth-order valence-corrected chi connectivity index (χ4v) is 5.18. The molecule has 33 heavy (non-hydrogen) atoms. The number of methoxy groups -OCH3 is 1. The molecule has 1 aliphatic rings. The highest BCUT2D eigenvalue weighted by atomic mass is 32.2. The molecule has 0 saturated heterocycles. The fraction of sp³-hybridized carbons (Fsp3) is 0.240. The van der Waals surface area contributed by atoms with Gasteiger partial charge in [-0.3, -0.25) is 9.10 Å².